The highest BCUT2D eigenvalue weighted by molar-refractivity contribution is 6.17. The van der Waals surface area contributed by atoms with Gasteiger partial charge in [-0.05, 0) is 23.3 Å². The van der Waals surface area contributed by atoms with Crippen LogP contribution in [0.4, 0.5) is 4.39 Å². The molecule has 1 heterocycles. The third-order valence-electron chi connectivity index (χ3n) is 2.50. The highest BCUT2D eigenvalue weighted by Crippen LogP contribution is 2.18. The highest BCUT2D eigenvalue weighted by Gasteiger charge is 2.02. The van der Waals surface area contributed by atoms with Gasteiger partial charge in [-0.25, -0.2) is 4.39 Å². The summed E-state index contributed by atoms with van der Waals surface area (Å²) in [4.78, 5) is 0. The molecule has 0 unspecified atom stereocenters. The molecule has 0 N–H and O–H groups in total. The maximum absolute atomic E-state index is 13.2. The monoisotopic (exact) mass is 268 g/mol. The average molecular weight is 269 g/mol. The van der Waals surface area contributed by atoms with Crippen LogP contribution in [-0.4, -0.2) is 16.4 Å². The van der Waals surface area contributed by atoms with E-state index in [1.165, 1.54) is 12.1 Å². The molecule has 0 atom stereocenters. The van der Waals surface area contributed by atoms with Gasteiger partial charge in [-0.3, -0.25) is 4.68 Å². The number of benzene rings is 1. The van der Waals surface area contributed by atoms with Crippen LogP contribution in [-0.2, 0) is 19.3 Å². The topological polar surface area (TPSA) is 27.1 Å². The van der Waals surface area contributed by atoms with E-state index in [-0.39, 0.29) is 11.7 Å². The van der Waals surface area contributed by atoms with Crippen molar-refractivity contribution in [2.24, 2.45) is 7.05 Å². The van der Waals surface area contributed by atoms with E-state index in [9.17, 15) is 4.39 Å². The predicted molar refractivity (Wildman–Crippen MR) is 68.4 cm³/mol. The van der Waals surface area contributed by atoms with Crippen molar-refractivity contribution in [1.82, 2.24) is 9.78 Å². The minimum Gasteiger partial charge on any atom is -0.493 e. The third kappa shape index (κ3) is 3.47. The molecule has 0 aliphatic heterocycles. The maximum Gasteiger partial charge on any atom is 0.127 e. The van der Waals surface area contributed by atoms with Gasteiger partial charge in [-0.1, -0.05) is 0 Å². The number of ether oxygens (including phenoxy) is 1. The first kappa shape index (κ1) is 12.9. The Bertz CT molecular complexity index is 527. The van der Waals surface area contributed by atoms with Crippen LogP contribution >= 0.6 is 11.6 Å². The fourth-order valence-corrected chi connectivity index (χ4v) is 1.82. The lowest BCUT2D eigenvalue weighted by atomic mass is 10.2. The molecule has 0 radical (unpaired) electrons. The fraction of sp³-hybridized carbons (Fsp3) is 0.308. The number of hydrogen-bond donors (Lipinski definition) is 0. The molecule has 0 saturated heterocycles. The van der Waals surface area contributed by atoms with Crippen molar-refractivity contribution in [1.29, 1.82) is 0 Å². The average Bonchev–Trinajstić information content (AvgIpc) is 2.74. The predicted octanol–water partition coefficient (Wildman–Crippen LogP) is 2.92. The Balaban J connectivity index is 1.91. The lowest BCUT2D eigenvalue weighted by Gasteiger charge is -2.07. The Kier molecular flexibility index (Phi) is 4.20. The Labute approximate surface area is 110 Å². The summed E-state index contributed by atoms with van der Waals surface area (Å²) in [6.45, 7) is 0.483. The molecule has 2 aromatic rings. The molecular formula is C13H14ClFN2O. The molecule has 2 rings (SSSR count). The molecular weight excluding hydrogens is 255 g/mol. The van der Waals surface area contributed by atoms with Gasteiger partial charge in [0.25, 0.3) is 0 Å². The summed E-state index contributed by atoms with van der Waals surface area (Å²) in [6, 6.07) is 4.51. The molecule has 1 aromatic carbocycles. The van der Waals surface area contributed by atoms with Gasteiger partial charge >= 0.3 is 0 Å². The lowest BCUT2D eigenvalue weighted by molar-refractivity contribution is 0.320. The Morgan fingerprint density at radius 3 is 2.83 bits per heavy atom. The summed E-state index contributed by atoms with van der Waals surface area (Å²) in [5, 5.41) is 4.07. The summed E-state index contributed by atoms with van der Waals surface area (Å²) >= 11 is 5.67. The summed E-state index contributed by atoms with van der Waals surface area (Å²) in [5.41, 5.74) is 1.81. The molecule has 1 aromatic heterocycles. The number of nitrogens with zero attached hydrogens (tertiary/aromatic N) is 2. The molecule has 0 spiro atoms. The second-order valence-electron chi connectivity index (χ2n) is 4.05. The van der Waals surface area contributed by atoms with Gasteiger partial charge in [0.05, 0.1) is 12.8 Å². The van der Waals surface area contributed by atoms with E-state index in [1.807, 2.05) is 13.2 Å². The van der Waals surface area contributed by atoms with Crippen LogP contribution in [0.3, 0.4) is 0 Å². The number of rotatable bonds is 5. The Morgan fingerprint density at radius 2 is 2.17 bits per heavy atom. The highest BCUT2D eigenvalue weighted by atomic mass is 35.5. The zero-order chi connectivity index (χ0) is 13.0. The summed E-state index contributed by atoms with van der Waals surface area (Å²) < 4.78 is 20.5. The van der Waals surface area contributed by atoms with Crippen LogP contribution in [0, 0.1) is 5.82 Å². The van der Waals surface area contributed by atoms with Gasteiger partial charge in [0.1, 0.15) is 11.6 Å². The van der Waals surface area contributed by atoms with Crippen molar-refractivity contribution < 1.29 is 9.13 Å². The van der Waals surface area contributed by atoms with Crippen molar-refractivity contribution in [2.75, 3.05) is 6.61 Å². The van der Waals surface area contributed by atoms with Crippen molar-refractivity contribution in [3.05, 3.63) is 47.5 Å². The van der Waals surface area contributed by atoms with E-state index in [0.717, 1.165) is 12.0 Å². The molecule has 5 heteroatoms. The van der Waals surface area contributed by atoms with Crippen LogP contribution in [0.1, 0.15) is 11.1 Å². The molecule has 0 saturated carbocycles. The van der Waals surface area contributed by atoms with Crippen molar-refractivity contribution in [2.45, 2.75) is 12.3 Å². The number of aryl methyl sites for hydroxylation is 1. The Morgan fingerprint density at radius 1 is 1.33 bits per heavy atom. The number of halogens is 2. The normalized spacial score (nSPS) is 10.6. The van der Waals surface area contributed by atoms with E-state index in [0.29, 0.717) is 17.9 Å². The summed E-state index contributed by atoms with van der Waals surface area (Å²) in [6.07, 6.45) is 4.46. The Hall–Kier alpha value is -1.55. The molecule has 96 valence electrons. The summed E-state index contributed by atoms with van der Waals surface area (Å²) in [7, 11) is 1.86. The van der Waals surface area contributed by atoms with Gasteiger partial charge in [0, 0.05) is 31.6 Å². The van der Waals surface area contributed by atoms with Gasteiger partial charge in [0.15, 0.2) is 0 Å². The third-order valence-corrected chi connectivity index (χ3v) is 2.81. The first-order valence-electron chi connectivity index (χ1n) is 5.63. The van der Waals surface area contributed by atoms with Gasteiger partial charge in [-0.15, -0.1) is 11.6 Å². The SMILES string of the molecule is Cn1cc(CCOc2cc(F)cc(CCl)c2)cn1. The largest absolute Gasteiger partial charge is 0.493 e. The molecule has 0 amide bonds. The smallest absolute Gasteiger partial charge is 0.127 e. The minimum atomic E-state index is -0.329. The van der Waals surface area contributed by atoms with Crippen LogP contribution in [0.2, 0.25) is 0 Å². The lowest BCUT2D eigenvalue weighted by Crippen LogP contribution is -2.01. The molecule has 0 fully saturated rings. The van der Waals surface area contributed by atoms with Crippen molar-refractivity contribution in [3.8, 4) is 5.75 Å². The van der Waals surface area contributed by atoms with Gasteiger partial charge in [0.2, 0.25) is 0 Å². The first-order chi connectivity index (χ1) is 8.67. The van der Waals surface area contributed by atoms with E-state index in [4.69, 9.17) is 16.3 Å². The number of alkyl halides is 1. The van der Waals surface area contributed by atoms with Crippen LogP contribution in [0.25, 0.3) is 0 Å². The molecule has 3 nitrogen and oxygen atoms in total. The summed E-state index contributed by atoms with van der Waals surface area (Å²) in [5.74, 6) is 0.454. The van der Waals surface area contributed by atoms with Crippen LogP contribution < -0.4 is 4.74 Å². The standard InChI is InChI=1S/C13H14ClFN2O/c1-17-9-10(8-16-17)2-3-18-13-5-11(7-14)4-12(15)6-13/h4-6,8-9H,2-3,7H2,1H3. The zero-order valence-electron chi connectivity index (χ0n) is 10.1. The van der Waals surface area contributed by atoms with Gasteiger partial charge < -0.3 is 4.74 Å². The van der Waals surface area contributed by atoms with Crippen LogP contribution in [0.5, 0.6) is 5.75 Å². The second kappa shape index (κ2) is 5.87. The number of hydrogen-bond acceptors (Lipinski definition) is 2. The van der Waals surface area contributed by atoms with Crippen molar-refractivity contribution in [3.63, 3.8) is 0 Å². The fourth-order valence-electron chi connectivity index (χ4n) is 1.67. The molecule has 18 heavy (non-hydrogen) atoms. The quantitative estimate of drug-likeness (QED) is 0.780. The molecule has 0 bridgehead atoms. The minimum absolute atomic E-state index is 0.275. The van der Waals surface area contributed by atoms with E-state index in [1.54, 1.807) is 16.9 Å². The van der Waals surface area contributed by atoms with Crippen LogP contribution in [0.15, 0.2) is 30.6 Å². The maximum atomic E-state index is 13.2. The molecule has 0 aliphatic carbocycles. The molecule has 0 aliphatic rings. The van der Waals surface area contributed by atoms with E-state index < -0.39 is 0 Å². The van der Waals surface area contributed by atoms with E-state index in [2.05, 4.69) is 5.10 Å². The van der Waals surface area contributed by atoms with E-state index >= 15 is 0 Å². The zero-order valence-corrected chi connectivity index (χ0v) is 10.8. The first-order valence-corrected chi connectivity index (χ1v) is 6.16. The van der Waals surface area contributed by atoms with Crippen molar-refractivity contribution >= 4 is 11.6 Å². The second-order valence-corrected chi connectivity index (χ2v) is 4.32. The number of aromatic nitrogens is 2. The van der Waals surface area contributed by atoms with Gasteiger partial charge in [-0.2, -0.15) is 5.10 Å².